The minimum atomic E-state index is -3.81. The van der Waals surface area contributed by atoms with E-state index < -0.39 is 33.4 Å². The summed E-state index contributed by atoms with van der Waals surface area (Å²) in [5.74, 6) is -1.06. The molecule has 0 radical (unpaired) electrons. The Morgan fingerprint density at radius 1 is 1.04 bits per heavy atom. The third-order valence-electron chi connectivity index (χ3n) is 4.11. The molecule has 0 aliphatic carbocycles. The van der Waals surface area contributed by atoms with E-state index in [9.17, 15) is 18.0 Å². The number of sulfonamides is 1. The summed E-state index contributed by atoms with van der Waals surface area (Å²) in [5.41, 5.74) is 0.228. The number of carbonyl (C=O) groups is 2. The molecule has 0 saturated heterocycles. The molecule has 2 rings (SSSR count). The Labute approximate surface area is 158 Å². The van der Waals surface area contributed by atoms with Crippen LogP contribution in [0.1, 0.15) is 26.3 Å². The number of hydrogen-bond acceptors (Lipinski definition) is 5. The van der Waals surface area contributed by atoms with Crippen molar-refractivity contribution in [3.63, 3.8) is 0 Å². The normalized spacial score (nSPS) is 12.9. The third kappa shape index (κ3) is 5.15. The number of benzene rings is 2. The Hall–Kier alpha value is -2.71. The molecule has 0 aliphatic rings. The van der Waals surface area contributed by atoms with Crippen molar-refractivity contribution in [1.82, 2.24) is 0 Å². The van der Waals surface area contributed by atoms with Crippen molar-refractivity contribution in [3.8, 4) is 0 Å². The van der Waals surface area contributed by atoms with Crippen molar-refractivity contribution in [2.24, 2.45) is 5.14 Å². The standard InChI is InChI=1S/C19H22N2O5S/c1-13(26-18(23)19(2,3)14-7-5-4-6-8-14)17(22)21-15-9-11-16(12-10-15)27(20,24)25/h4-13H,1-3H3,(H,21,22)(H2,20,24,25)/t13-/m1/s1. The van der Waals surface area contributed by atoms with E-state index in [0.29, 0.717) is 5.69 Å². The first-order valence-corrected chi connectivity index (χ1v) is 9.77. The van der Waals surface area contributed by atoms with Gasteiger partial charge in [0.15, 0.2) is 6.10 Å². The molecule has 0 bridgehead atoms. The van der Waals surface area contributed by atoms with Gasteiger partial charge in [0.25, 0.3) is 5.91 Å². The molecule has 0 saturated carbocycles. The molecular weight excluding hydrogens is 368 g/mol. The maximum Gasteiger partial charge on any atom is 0.316 e. The van der Waals surface area contributed by atoms with E-state index in [2.05, 4.69) is 5.32 Å². The SMILES string of the molecule is C[C@@H](OC(=O)C(C)(C)c1ccccc1)C(=O)Nc1ccc(S(N)(=O)=O)cc1. The number of primary sulfonamides is 1. The van der Waals surface area contributed by atoms with Gasteiger partial charge in [-0.25, -0.2) is 13.6 Å². The highest BCUT2D eigenvalue weighted by molar-refractivity contribution is 7.89. The average Bonchev–Trinajstić information content (AvgIpc) is 2.62. The number of rotatable bonds is 6. The van der Waals surface area contributed by atoms with Crippen LogP contribution in [0.4, 0.5) is 5.69 Å². The third-order valence-corrected chi connectivity index (χ3v) is 5.04. The predicted octanol–water partition coefficient (Wildman–Crippen LogP) is 2.18. The van der Waals surface area contributed by atoms with Gasteiger partial charge in [-0.05, 0) is 50.6 Å². The van der Waals surface area contributed by atoms with Crippen molar-refractivity contribution in [2.75, 3.05) is 5.32 Å². The zero-order chi connectivity index (χ0) is 20.2. The molecule has 1 atom stereocenters. The molecule has 0 aliphatic heterocycles. The molecule has 0 unspecified atom stereocenters. The van der Waals surface area contributed by atoms with Crippen molar-refractivity contribution in [1.29, 1.82) is 0 Å². The number of ether oxygens (including phenoxy) is 1. The van der Waals surface area contributed by atoms with Crippen LogP contribution in [0.25, 0.3) is 0 Å². The fraction of sp³-hybridized carbons (Fsp3) is 0.263. The van der Waals surface area contributed by atoms with Gasteiger partial charge < -0.3 is 10.1 Å². The summed E-state index contributed by atoms with van der Waals surface area (Å²) in [6.45, 7) is 4.91. The lowest BCUT2D eigenvalue weighted by Crippen LogP contribution is -2.37. The smallest absolute Gasteiger partial charge is 0.316 e. The highest BCUT2D eigenvalue weighted by atomic mass is 32.2. The Morgan fingerprint density at radius 3 is 2.11 bits per heavy atom. The summed E-state index contributed by atoms with van der Waals surface area (Å²) in [4.78, 5) is 24.7. The molecular formula is C19H22N2O5S. The van der Waals surface area contributed by atoms with Crippen LogP contribution in [0, 0.1) is 0 Å². The molecule has 0 aromatic heterocycles. The number of anilines is 1. The highest BCUT2D eigenvalue weighted by Crippen LogP contribution is 2.25. The lowest BCUT2D eigenvalue weighted by Gasteiger charge is -2.25. The zero-order valence-corrected chi connectivity index (χ0v) is 16.1. The number of carbonyl (C=O) groups excluding carboxylic acids is 2. The molecule has 27 heavy (non-hydrogen) atoms. The maximum atomic E-state index is 12.5. The quantitative estimate of drug-likeness (QED) is 0.734. The van der Waals surface area contributed by atoms with Crippen LogP contribution in [-0.2, 0) is 29.8 Å². The van der Waals surface area contributed by atoms with Gasteiger partial charge in [0.1, 0.15) is 0 Å². The lowest BCUT2D eigenvalue weighted by molar-refractivity contribution is -0.158. The fourth-order valence-corrected chi connectivity index (χ4v) is 2.82. The minimum absolute atomic E-state index is 0.0652. The fourth-order valence-electron chi connectivity index (χ4n) is 2.31. The van der Waals surface area contributed by atoms with Gasteiger partial charge in [-0.3, -0.25) is 9.59 Å². The van der Waals surface area contributed by atoms with Crippen molar-refractivity contribution < 1.29 is 22.7 Å². The summed E-state index contributed by atoms with van der Waals surface area (Å²) in [7, 11) is -3.81. The van der Waals surface area contributed by atoms with Crippen molar-refractivity contribution in [2.45, 2.75) is 37.2 Å². The van der Waals surface area contributed by atoms with Crippen LogP contribution >= 0.6 is 0 Å². The van der Waals surface area contributed by atoms with E-state index in [1.807, 2.05) is 30.3 Å². The second kappa shape index (κ2) is 7.89. The molecule has 2 aromatic rings. The molecule has 144 valence electrons. The summed E-state index contributed by atoms with van der Waals surface area (Å²) < 4.78 is 27.8. The van der Waals surface area contributed by atoms with E-state index in [4.69, 9.17) is 9.88 Å². The second-order valence-electron chi connectivity index (χ2n) is 6.60. The molecule has 3 N–H and O–H groups in total. The van der Waals surface area contributed by atoms with Gasteiger partial charge in [0, 0.05) is 5.69 Å². The van der Waals surface area contributed by atoms with Crippen LogP contribution in [0.15, 0.2) is 59.5 Å². The van der Waals surface area contributed by atoms with Gasteiger partial charge in [-0.2, -0.15) is 0 Å². The van der Waals surface area contributed by atoms with Gasteiger partial charge in [0.2, 0.25) is 10.0 Å². The summed E-state index contributed by atoms with van der Waals surface area (Å²) in [6.07, 6.45) is -1.03. The van der Waals surface area contributed by atoms with Crippen LogP contribution in [0.3, 0.4) is 0 Å². The number of esters is 1. The van der Waals surface area contributed by atoms with Gasteiger partial charge in [-0.15, -0.1) is 0 Å². The maximum absolute atomic E-state index is 12.5. The number of hydrogen-bond donors (Lipinski definition) is 2. The lowest BCUT2D eigenvalue weighted by atomic mass is 9.85. The Morgan fingerprint density at radius 2 is 1.59 bits per heavy atom. The topological polar surface area (TPSA) is 116 Å². The van der Waals surface area contributed by atoms with E-state index in [1.165, 1.54) is 31.2 Å². The molecule has 0 spiro atoms. The second-order valence-corrected chi connectivity index (χ2v) is 8.16. The summed E-state index contributed by atoms with van der Waals surface area (Å²) in [5, 5.41) is 7.59. The number of nitrogens with two attached hydrogens (primary N) is 1. The first-order chi connectivity index (χ1) is 12.5. The predicted molar refractivity (Wildman–Crippen MR) is 101 cm³/mol. The van der Waals surface area contributed by atoms with Crippen LogP contribution < -0.4 is 10.5 Å². The largest absolute Gasteiger partial charge is 0.452 e. The summed E-state index contributed by atoms with van der Waals surface area (Å²) >= 11 is 0. The molecule has 1 amide bonds. The Kier molecular flexibility index (Phi) is 6.02. The molecule has 7 nitrogen and oxygen atoms in total. The Balaban J connectivity index is 2.02. The van der Waals surface area contributed by atoms with E-state index in [1.54, 1.807) is 13.8 Å². The van der Waals surface area contributed by atoms with E-state index in [0.717, 1.165) is 5.56 Å². The van der Waals surface area contributed by atoms with Gasteiger partial charge in [-0.1, -0.05) is 30.3 Å². The van der Waals surface area contributed by atoms with Gasteiger partial charge >= 0.3 is 5.97 Å². The number of nitrogens with one attached hydrogen (secondary N) is 1. The molecule has 0 fully saturated rings. The average molecular weight is 390 g/mol. The van der Waals surface area contributed by atoms with Crippen molar-refractivity contribution in [3.05, 3.63) is 60.2 Å². The minimum Gasteiger partial charge on any atom is -0.452 e. The molecule has 0 heterocycles. The van der Waals surface area contributed by atoms with E-state index in [-0.39, 0.29) is 4.90 Å². The van der Waals surface area contributed by atoms with Crippen LogP contribution in [-0.4, -0.2) is 26.4 Å². The zero-order valence-electron chi connectivity index (χ0n) is 15.3. The van der Waals surface area contributed by atoms with Crippen LogP contribution in [0.2, 0.25) is 0 Å². The number of amides is 1. The first-order valence-electron chi connectivity index (χ1n) is 8.22. The van der Waals surface area contributed by atoms with Crippen LogP contribution in [0.5, 0.6) is 0 Å². The molecule has 2 aromatic carbocycles. The summed E-state index contributed by atoms with van der Waals surface area (Å²) in [6, 6.07) is 14.5. The molecule has 8 heteroatoms. The van der Waals surface area contributed by atoms with E-state index >= 15 is 0 Å². The Bertz CT molecular complexity index is 922. The highest BCUT2D eigenvalue weighted by Gasteiger charge is 2.33. The van der Waals surface area contributed by atoms with Crippen molar-refractivity contribution >= 4 is 27.6 Å². The first kappa shape index (κ1) is 20.6. The monoisotopic (exact) mass is 390 g/mol. The van der Waals surface area contributed by atoms with Gasteiger partial charge in [0.05, 0.1) is 10.3 Å².